The number of hydrogen-bond donors (Lipinski definition) is 2. The Morgan fingerprint density at radius 1 is 1.42 bits per heavy atom. The molecule has 0 radical (unpaired) electrons. The summed E-state index contributed by atoms with van der Waals surface area (Å²) in [6.45, 7) is 1.77. The van der Waals surface area contributed by atoms with Crippen molar-refractivity contribution in [2.45, 2.75) is 12.5 Å². The summed E-state index contributed by atoms with van der Waals surface area (Å²) in [5.41, 5.74) is 0.417. The number of aromatic nitrogens is 3. The van der Waals surface area contributed by atoms with Crippen LogP contribution in [0.4, 0.5) is 0 Å². The summed E-state index contributed by atoms with van der Waals surface area (Å²) < 4.78 is 1.63. The van der Waals surface area contributed by atoms with Crippen LogP contribution in [0.3, 0.4) is 0 Å². The van der Waals surface area contributed by atoms with Crippen LogP contribution in [0, 0.1) is 0 Å². The van der Waals surface area contributed by atoms with Gasteiger partial charge in [0, 0.05) is 25.0 Å². The Labute approximate surface area is 110 Å². The maximum absolute atomic E-state index is 12.1. The van der Waals surface area contributed by atoms with Crippen LogP contribution in [0.25, 0.3) is 5.82 Å². The molecule has 1 amide bonds. The topological polar surface area (TPSA) is 71.8 Å². The van der Waals surface area contributed by atoms with Gasteiger partial charge in [-0.1, -0.05) is 6.07 Å². The molecular formula is C13H15N5O. The van der Waals surface area contributed by atoms with Crippen molar-refractivity contribution in [2.75, 3.05) is 13.1 Å². The molecule has 0 aromatic carbocycles. The van der Waals surface area contributed by atoms with Gasteiger partial charge in [-0.3, -0.25) is 4.79 Å². The van der Waals surface area contributed by atoms with E-state index in [2.05, 4.69) is 20.7 Å². The van der Waals surface area contributed by atoms with E-state index in [4.69, 9.17) is 0 Å². The molecule has 6 nitrogen and oxygen atoms in total. The van der Waals surface area contributed by atoms with E-state index in [-0.39, 0.29) is 11.9 Å². The molecule has 0 spiro atoms. The van der Waals surface area contributed by atoms with E-state index in [1.807, 2.05) is 18.2 Å². The van der Waals surface area contributed by atoms with Crippen molar-refractivity contribution >= 4 is 5.91 Å². The molecule has 1 saturated heterocycles. The van der Waals surface area contributed by atoms with Crippen LogP contribution in [0.1, 0.15) is 16.9 Å². The highest BCUT2D eigenvalue weighted by Gasteiger charge is 2.18. The highest BCUT2D eigenvalue weighted by molar-refractivity contribution is 5.92. The Hall–Kier alpha value is -2.21. The summed E-state index contributed by atoms with van der Waals surface area (Å²) in [4.78, 5) is 16.4. The van der Waals surface area contributed by atoms with Crippen molar-refractivity contribution < 1.29 is 4.79 Å². The fourth-order valence-corrected chi connectivity index (χ4v) is 2.12. The van der Waals surface area contributed by atoms with E-state index in [1.54, 1.807) is 23.1 Å². The van der Waals surface area contributed by atoms with E-state index >= 15 is 0 Å². The molecule has 1 unspecified atom stereocenters. The quantitative estimate of drug-likeness (QED) is 0.832. The molecule has 98 valence electrons. The number of amides is 1. The number of nitrogens with one attached hydrogen (secondary N) is 2. The van der Waals surface area contributed by atoms with Crippen molar-refractivity contribution in [1.82, 2.24) is 25.4 Å². The lowest BCUT2D eigenvalue weighted by Gasteiger charge is -2.11. The van der Waals surface area contributed by atoms with E-state index in [0.29, 0.717) is 11.5 Å². The van der Waals surface area contributed by atoms with E-state index in [0.717, 1.165) is 19.5 Å². The van der Waals surface area contributed by atoms with Crippen molar-refractivity contribution in [1.29, 1.82) is 0 Å². The summed E-state index contributed by atoms with van der Waals surface area (Å²) in [6.07, 6.45) is 4.44. The lowest BCUT2D eigenvalue weighted by Crippen LogP contribution is -2.36. The average Bonchev–Trinajstić information content (AvgIpc) is 3.12. The monoisotopic (exact) mass is 257 g/mol. The second-order valence-electron chi connectivity index (χ2n) is 4.49. The van der Waals surface area contributed by atoms with E-state index in [9.17, 15) is 4.79 Å². The van der Waals surface area contributed by atoms with Gasteiger partial charge in [-0.2, -0.15) is 5.10 Å². The van der Waals surface area contributed by atoms with Gasteiger partial charge >= 0.3 is 0 Å². The predicted molar refractivity (Wildman–Crippen MR) is 70.1 cm³/mol. The van der Waals surface area contributed by atoms with Gasteiger partial charge in [0.15, 0.2) is 5.82 Å². The predicted octanol–water partition coefficient (Wildman–Crippen LogP) is 0.359. The standard InChI is InChI=1S/C13H15N5O/c19-13(16-10-5-7-14-9-10)11-3-1-4-12(17-11)18-8-2-6-15-18/h1-4,6,8,10,14H,5,7,9H2,(H,16,19). The smallest absolute Gasteiger partial charge is 0.270 e. The third kappa shape index (κ3) is 2.63. The fraction of sp³-hybridized carbons (Fsp3) is 0.308. The van der Waals surface area contributed by atoms with Crippen molar-refractivity contribution in [3.63, 3.8) is 0 Å². The molecule has 3 rings (SSSR count). The first kappa shape index (κ1) is 11.9. The Balaban J connectivity index is 1.77. The minimum Gasteiger partial charge on any atom is -0.347 e. The van der Waals surface area contributed by atoms with Crippen LogP contribution < -0.4 is 10.6 Å². The zero-order chi connectivity index (χ0) is 13.1. The Kier molecular flexibility index (Phi) is 3.24. The molecule has 0 saturated carbocycles. The number of hydrogen-bond acceptors (Lipinski definition) is 4. The SMILES string of the molecule is O=C(NC1CCNC1)c1cccc(-n2cccn2)n1. The highest BCUT2D eigenvalue weighted by atomic mass is 16.1. The first-order valence-electron chi connectivity index (χ1n) is 6.31. The fourth-order valence-electron chi connectivity index (χ4n) is 2.12. The maximum atomic E-state index is 12.1. The maximum Gasteiger partial charge on any atom is 0.270 e. The summed E-state index contributed by atoms with van der Waals surface area (Å²) >= 11 is 0. The van der Waals surface area contributed by atoms with Crippen LogP contribution in [-0.2, 0) is 0 Å². The number of nitrogens with zero attached hydrogens (tertiary/aromatic N) is 3. The molecule has 1 aliphatic heterocycles. The van der Waals surface area contributed by atoms with Gasteiger partial charge in [-0.05, 0) is 31.2 Å². The van der Waals surface area contributed by atoms with Gasteiger partial charge in [0.25, 0.3) is 5.91 Å². The van der Waals surface area contributed by atoms with Gasteiger partial charge in [0.1, 0.15) is 5.69 Å². The molecule has 0 aliphatic carbocycles. The molecule has 2 N–H and O–H groups in total. The molecule has 1 atom stereocenters. The van der Waals surface area contributed by atoms with Crippen molar-refractivity contribution in [2.24, 2.45) is 0 Å². The molecule has 0 bridgehead atoms. The van der Waals surface area contributed by atoms with E-state index < -0.39 is 0 Å². The van der Waals surface area contributed by atoms with Gasteiger partial charge in [0.2, 0.25) is 0 Å². The molecule has 19 heavy (non-hydrogen) atoms. The Bertz CT molecular complexity index is 560. The molecular weight excluding hydrogens is 242 g/mol. The van der Waals surface area contributed by atoms with Crippen LogP contribution in [0.2, 0.25) is 0 Å². The number of carbonyl (C=O) groups excluding carboxylic acids is 1. The van der Waals surface area contributed by atoms with Crippen molar-refractivity contribution in [3.05, 3.63) is 42.4 Å². The number of rotatable bonds is 3. The van der Waals surface area contributed by atoms with Crippen molar-refractivity contribution in [3.8, 4) is 5.82 Å². The van der Waals surface area contributed by atoms with Crippen LogP contribution >= 0.6 is 0 Å². The second-order valence-corrected chi connectivity index (χ2v) is 4.49. The van der Waals surface area contributed by atoms with Gasteiger partial charge < -0.3 is 10.6 Å². The van der Waals surface area contributed by atoms with Gasteiger partial charge in [-0.25, -0.2) is 9.67 Å². The first-order valence-corrected chi connectivity index (χ1v) is 6.31. The zero-order valence-electron chi connectivity index (χ0n) is 10.4. The Morgan fingerprint density at radius 2 is 2.37 bits per heavy atom. The minimum atomic E-state index is -0.136. The Morgan fingerprint density at radius 3 is 3.11 bits per heavy atom. The molecule has 3 heterocycles. The largest absolute Gasteiger partial charge is 0.347 e. The van der Waals surface area contributed by atoms with Gasteiger partial charge in [0.05, 0.1) is 0 Å². The molecule has 1 aliphatic rings. The second kappa shape index (κ2) is 5.19. The van der Waals surface area contributed by atoms with E-state index in [1.165, 1.54) is 0 Å². The average molecular weight is 257 g/mol. The molecule has 2 aromatic rings. The molecule has 1 fully saturated rings. The lowest BCUT2D eigenvalue weighted by molar-refractivity contribution is 0.0935. The number of pyridine rings is 1. The third-order valence-electron chi connectivity index (χ3n) is 3.10. The molecule has 2 aromatic heterocycles. The van der Waals surface area contributed by atoms with Crippen LogP contribution in [0.5, 0.6) is 0 Å². The minimum absolute atomic E-state index is 0.136. The highest BCUT2D eigenvalue weighted by Crippen LogP contribution is 2.05. The van der Waals surface area contributed by atoms with Crippen LogP contribution in [0.15, 0.2) is 36.7 Å². The first-order chi connectivity index (χ1) is 9.33. The number of carbonyl (C=O) groups is 1. The zero-order valence-corrected chi connectivity index (χ0v) is 10.4. The third-order valence-corrected chi connectivity index (χ3v) is 3.10. The molecule has 6 heteroatoms. The normalized spacial score (nSPS) is 18.4. The van der Waals surface area contributed by atoms with Crippen LogP contribution in [-0.4, -0.2) is 39.8 Å². The summed E-state index contributed by atoms with van der Waals surface area (Å²) in [7, 11) is 0. The van der Waals surface area contributed by atoms with Gasteiger partial charge in [-0.15, -0.1) is 0 Å². The summed E-state index contributed by atoms with van der Waals surface area (Å²) in [5.74, 6) is 0.505. The summed E-state index contributed by atoms with van der Waals surface area (Å²) in [6, 6.07) is 7.36. The summed E-state index contributed by atoms with van der Waals surface area (Å²) in [5, 5.41) is 10.3. The lowest BCUT2D eigenvalue weighted by atomic mass is 10.2.